The number of aromatic nitrogens is 2. The number of anilines is 1. The van der Waals surface area contributed by atoms with Crippen LogP contribution in [-0.4, -0.2) is 37.4 Å². The average molecular weight is 473 g/mol. The van der Waals surface area contributed by atoms with E-state index < -0.39 is 28.3 Å². The second-order valence-corrected chi connectivity index (χ2v) is 9.75. The minimum absolute atomic E-state index is 0.0627. The molecular formula is C23H18F3N3O3S. The highest BCUT2D eigenvalue weighted by molar-refractivity contribution is 7.90. The highest BCUT2D eigenvalue weighted by Gasteiger charge is 2.30. The molecule has 1 aliphatic rings. The highest BCUT2D eigenvalue weighted by Crippen LogP contribution is 2.39. The van der Waals surface area contributed by atoms with Crippen molar-refractivity contribution in [1.29, 1.82) is 0 Å². The van der Waals surface area contributed by atoms with Gasteiger partial charge in [0.2, 0.25) is 5.95 Å². The third kappa shape index (κ3) is 3.80. The lowest BCUT2D eigenvalue weighted by atomic mass is 10.0. The second kappa shape index (κ2) is 7.80. The molecule has 0 fully saturated rings. The maximum atomic E-state index is 14.9. The molecule has 0 aliphatic carbocycles. The molecular weight excluding hydrogens is 455 g/mol. The zero-order chi connectivity index (χ0) is 23.3. The Morgan fingerprint density at radius 3 is 2.55 bits per heavy atom. The van der Waals surface area contributed by atoms with Gasteiger partial charge in [0.1, 0.15) is 11.6 Å². The van der Waals surface area contributed by atoms with Crippen molar-refractivity contribution in [1.82, 2.24) is 9.55 Å². The Kier molecular flexibility index (Phi) is 5.04. The zero-order valence-electron chi connectivity index (χ0n) is 17.3. The molecule has 0 saturated heterocycles. The number of hydrogen-bond acceptors (Lipinski definition) is 5. The van der Waals surface area contributed by atoms with E-state index in [1.54, 1.807) is 36.4 Å². The van der Waals surface area contributed by atoms with Crippen molar-refractivity contribution in [3.05, 3.63) is 72.0 Å². The molecule has 0 amide bonds. The minimum Gasteiger partial charge on any atom is -0.434 e. The first-order valence-electron chi connectivity index (χ1n) is 10.0. The molecule has 1 aromatic heterocycles. The molecule has 0 bridgehead atoms. The molecule has 1 N–H and O–H groups in total. The van der Waals surface area contributed by atoms with Gasteiger partial charge in [0.25, 0.3) is 0 Å². The van der Waals surface area contributed by atoms with Crippen LogP contribution in [0.5, 0.6) is 5.75 Å². The fraction of sp³-hybridized carbons (Fsp3) is 0.174. The lowest BCUT2D eigenvalue weighted by Gasteiger charge is -2.18. The van der Waals surface area contributed by atoms with Crippen molar-refractivity contribution < 1.29 is 26.3 Å². The van der Waals surface area contributed by atoms with Gasteiger partial charge in [0, 0.05) is 30.0 Å². The molecule has 6 nitrogen and oxygen atoms in total. The highest BCUT2D eigenvalue weighted by atomic mass is 32.2. The van der Waals surface area contributed by atoms with E-state index in [2.05, 4.69) is 10.3 Å². The van der Waals surface area contributed by atoms with Crippen LogP contribution in [0.4, 0.5) is 19.1 Å². The lowest BCUT2D eigenvalue weighted by molar-refractivity contribution is -0.0506. The Bertz CT molecular complexity index is 1470. The predicted molar refractivity (Wildman–Crippen MR) is 118 cm³/mol. The van der Waals surface area contributed by atoms with Gasteiger partial charge in [-0.25, -0.2) is 17.8 Å². The van der Waals surface area contributed by atoms with E-state index in [1.807, 2.05) is 4.57 Å². The Balaban J connectivity index is 1.62. The topological polar surface area (TPSA) is 73.2 Å². The molecule has 3 aromatic carbocycles. The monoisotopic (exact) mass is 473 g/mol. The fourth-order valence-corrected chi connectivity index (χ4v) is 4.78. The van der Waals surface area contributed by atoms with E-state index in [1.165, 1.54) is 24.3 Å². The first-order valence-corrected chi connectivity index (χ1v) is 11.9. The number of ether oxygens (including phenoxy) is 1. The molecule has 2 heterocycles. The summed E-state index contributed by atoms with van der Waals surface area (Å²) in [6.07, 6.45) is 1.10. The van der Waals surface area contributed by atoms with Crippen LogP contribution in [0.2, 0.25) is 0 Å². The molecule has 0 radical (unpaired) electrons. The standard InChI is InChI=1S/C23H18F3N3O3S/c1-33(30,31)14-8-6-13(7-9-14)16-10-19-18(11-17(16)24)28-23-27-12-20(29(19)23)15-4-2-3-5-21(15)32-22(25)26/h2-11,20,22H,12H2,1H3,(H,27,28). The molecule has 1 atom stereocenters. The number of sulfone groups is 1. The zero-order valence-corrected chi connectivity index (χ0v) is 18.1. The number of alkyl halides is 2. The first-order chi connectivity index (χ1) is 15.7. The summed E-state index contributed by atoms with van der Waals surface area (Å²) in [5.41, 5.74) is 2.33. The second-order valence-electron chi connectivity index (χ2n) is 7.74. The summed E-state index contributed by atoms with van der Waals surface area (Å²) in [6.45, 7) is -2.56. The van der Waals surface area contributed by atoms with Crippen LogP contribution >= 0.6 is 0 Å². The van der Waals surface area contributed by atoms with Crippen molar-refractivity contribution in [2.24, 2.45) is 0 Å². The van der Waals surface area contributed by atoms with Gasteiger partial charge in [-0.2, -0.15) is 8.78 Å². The van der Waals surface area contributed by atoms with Crippen LogP contribution < -0.4 is 10.1 Å². The number of rotatable bonds is 5. The van der Waals surface area contributed by atoms with Crippen LogP contribution in [0, 0.1) is 5.82 Å². The Hall–Kier alpha value is -3.53. The largest absolute Gasteiger partial charge is 0.434 e. The minimum atomic E-state index is -3.38. The van der Waals surface area contributed by atoms with E-state index in [0.717, 1.165) is 6.26 Å². The molecule has 10 heteroatoms. The van der Waals surface area contributed by atoms with Crippen molar-refractivity contribution in [3.8, 4) is 16.9 Å². The van der Waals surface area contributed by atoms with Gasteiger partial charge in [-0.1, -0.05) is 30.3 Å². The van der Waals surface area contributed by atoms with Gasteiger partial charge in [-0.05, 0) is 29.8 Å². The van der Waals surface area contributed by atoms with Crippen molar-refractivity contribution in [2.75, 3.05) is 18.1 Å². The smallest absolute Gasteiger partial charge is 0.387 e. The van der Waals surface area contributed by atoms with E-state index in [0.29, 0.717) is 34.7 Å². The summed E-state index contributed by atoms with van der Waals surface area (Å²) >= 11 is 0. The molecule has 170 valence electrons. The molecule has 0 spiro atoms. The van der Waals surface area contributed by atoms with Crippen LogP contribution in [0.3, 0.4) is 0 Å². The van der Waals surface area contributed by atoms with E-state index >= 15 is 0 Å². The molecule has 33 heavy (non-hydrogen) atoms. The Morgan fingerprint density at radius 1 is 1.12 bits per heavy atom. The molecule has 4 aromatic rings. The number of halogens is 3. The molecule has 5 rings (SSSR count). The SMILES string of the molecule is CS(=O)(=O)c1ccc(-c2cc3c(cc2F)nc2n3C(c3ccccc3OC(F)F)CN2)cc1. The fourth-order valence-electron chi connectivity index (χ4n) is 4.15. The normalized spacial score (nSPS) is 15.6. The number of nitrogens with zero attached hydrogens (tertiary/aromatic N) is 2. The molecule has 0 saturated carbocycles. The predicted octanol–water partition coefficient (Wildman–Crippen LogP) is 4.86. The van der Waals surface area contributed by atoms with Crippen molar-refractivity contribution in [3.63, 3.8) is 0 Å². The quantitative estimate of drug-likeness (QED) is 0.448. The number of nitrogens with one attached hydrogen (secondary N) is 1. The van der Waals surface area contributed by atoms with Crippen LogP contribution in [-0.2, 0) is 9.84 Å². The van der Waals surface area contributed by atoms with Gasteiger partial charge in [-0.3, -0.25) is 0 Å². The number of fused-ring (bicyclic) bond motifs is 3. The molecule has 1 unspecified atom stereocenters. The summed E-state index contributed by atoms with van der Waals surface area (Å²) in [6, 6.07) is 15.0. The van der Waals surface area contributed by atoms with Crippen LogP contribution in [0.25, 0.3) is 22.2 Å². The van der Waals surface area contributed by atoms with Crippen molar-refractivity contribution in [2.45, 2.75) is 17.5 Å². The number of hydrogen-bond donors (Lipinski definition) is 1. The third-order valence-corrected chi connectivity index (χ3v) is 6.76. The number of benzene rings is 3. The van der Waals surface area contributed by atoms with E-state index in [9.17, 15) is 21.6 Å². The summed E-state index contributed by atoms with van der Waals surface area (Å²) < 4.78 is 70.8. The Morgan fingerprint density at radius 2 is 1.85 bits per heavy atom. The summed E-state index contributed by atoms with van der Waals surface area (Å²) in [4.78, 5) is 4.58. The lowest BCUT2D eigenvalue weighted by Crippen LogP contribution is -2.13. The van der Waals surface area contributed by atoms with Crippen molar-refractivity contribution >= 4 is 26.8 Å². The van der Waals surface area contributed by atoms with Gasteiger partial charge >= 0.3 is 6.61 Å². The van der Waals surface area contributed by atoms with Gasteiger partial charge < -0.3 is 14.6 Å². The van der Waals surface area contributed by atoms with Crippen LogP contribution in [0.15, 0.2) is 65.6 Å². The van der Waals surface area contributed by atoms with Gasteiger partial charge in [0.05, 0.1) is 22.0 Å². The number of para-hydroxylation sites is 1. The van der Waals surface area contributed by atoms with E-state index in [4.69, 9.17) is 4.74 Å². The maximum absolute atomic E-state index is 14.9. The van der Waals surface area contributed by atoms with Crippen LogP contribution in [0.1, 0.15) is 11.6 Å². The maximum Gasteiger partial charge on any atom is 0.387 e. The summed E-state index contributed by atoms with van der Waals surface area (Å²) in [5, 5.41) is 3.14. The summed E-state index contributed by atoms with van der Waals surface area (Å²) in [7, 11) is -3.38. The summed E-state index contributed by atoms with van der Waals surface area (Å²) in [5.74, 6) is 0.0443. The van der Waals surface area contributed by atoms with Gasteiger partial charge in [-0.15, -0.1) is 0 Å². The first kappa shape index (κ1) is 21.3. The van der Waals surface area contributed by atoms with E-state index in [-0.39, 0.29) is 16.2 Å². The Labute approximate surface area is 187 Å². The average Bonchev–Trinajstić information content (AvgIpc) is 3.31. The van der Waals surface area contributed by atoms with Gasteiger partial charge in [0.15, 0.2) is 9.84 Å². The third-order valence-electron chi connectivity index (χ3n) is 5.63. The molecule has 1 aliphatic heterocycles. The number of imidazole rings is 1.